The van der Waals surface area contributed by atoms with Gasteiger partial charge in [0.05, 0.1) is 12.2 Å². The van der Waals surface area contributed by atoms with Gasteiger partial charge in [0.25, 0.3) is 0 Å². The minimum absolute atomic E-state index is 0.262. The van der Waals surface area contributed by atoms with Gasteiger partial charge in [0, 0.05) is 24.7 Å². The lowest BCUT2D eigenvalue weighted by atomic mass is 10.1. The Hall–Kier alpha value is -1.80. The van der Waals surface area contributed by atoms with Gasteiger partial charge in [-0.05, 0) is 12.8 Å². The molecular formula is C13H17N7S. The average molecular weight is 303 g/mol. The Kier molecular flexibility index (Phi) is 3.00. The third-order valence-electron chi connectivity index (χ3n) is 4.10. The molecule has 0 amide bonds. The summed E-state index contributed by atoms with van der Waals surface area (Å²) in [4.78, 5) is 0.825. The molecule has 1 aliphatic carbocycles. The summed E-state index contributed by atoms with van der Waals surface area (Å²) in [6, 6.07) is -0.262. The van der Waals surface area contributed by atoms with Crippen molar-refractivity contribution < 1.29 is 0 Å². The SMILES string of the molecule is Cn1cc(C(N)c2nn3c(C4CCCC4)nnc3s2)cn1. The maximum atomic E-state index is 6.29. The Labute approximate surface area is 125 Å². The molecule has 8 heteroatoms. The van der Waals surface area contributed by atoms with Crippen LogP contribution >= 0.6 is 11.3 Å². The number of fused-ring (bicyclic) bond motifs is 1. The molecule has 21 heavy (non-hydrogen) atoms. The zero-order chi connectivity index (χ0) is 14.4. The van der Waals surface area contributed by atoms with Gasteiger partial charge in [-0.1, -0.05) is 24.2 Å². The molecule has 1 aliphatic rings. The summed E-state index contributed by atoms with van der Waals surface area (Å²) in [6.45, 7) is 0. The molecule has 1 unspecified atom stereocenters. The summed E-state index contributed by atoms with van der Waals surface area (Å²) in [6.07, 6.45) is 8.61. The highest BCUT2D eigenvalue weighted by Crippen LogP contribution is 2.34. The average Bonchev–Trinajstić information content (AvgIpc) is 3.21. The van der Waals surface area contributed by atoms with Crippen LogP contribution in [0.1, 0.15) is 54.0 Å². The highest BCUT2D eigenvalue weighted by Gasteiger charge is 2.25. The van der Waals surface area contributed by atoms with Gasteiger partial charge in [0.1, 0.15) is 5.01 Å². The third-order valence-corrected chi connectivity index (χ3v) is 5.08. The van der Waals surface area contributed by atoms with Crippen molar-refractivity contribution in [3.8, 4) is 0 Å². The van der Waals surface area contributed by atoms with E-state index in [9.17, 15) is 0 Å². The third kappa shape index (κ3) is 2.14. The van der Waals surface area contributed by atoms with Gasteiger partial charge >= 0.3 is 0 Å². The maximum absolute atomic E-state index is 6.29. The number of rotatable bonds is 3. The second kappa shape index (κ2) is 4.88. The van der Waals surface area contributed by atoms with Gasteiger partial charge in [-0.25, -0.2) is 0 Å². The molecule has 7 nitrogen and oxygen atoms in total. The Morgan fingerprint density at radius 3 is 2.86 bits per heavy atom. The molecule has 0 aromatic carbocycles. The van der Waals surface area contributed by atoms with Crippen LogP contribution in [0.15, 0.2) is 12.4 Å². The molecule has 4 rings (SSSR count). The predicted octanol–water partition coefficient (Wildman–Crippen LogP) is 1.62. The first kappa shape index (κ1) is 12.9. The first-order valence-electron chi connectivity index (χ1n) is 7.18. The van der Waals surface area contributed by atoms with Crippen LogP contribution in [-0.2, 0) is 7.05 Å². The molecule has 1 fully saturated rings. The Morgan fingerprint density at radius 1 is 1.33 bits per heavy atom. The van der Waals surface area contributed by atoms with E-state index >= 15 is 0 Å². The smallest absolute Gasteiger partial charge is 0.234 e. The van der Waals surface area contributed by atoms with Crippen molar-refractivity contribution in [3.63, 3.8) is 0 Å². The van der Waals surface area contributed by atoms with Crippen LogP contribution in [0.3, 0.4) is 0 Å². The number of hydrogen-bond acceptors (Lipinski definition) is 6. The Bertz CT molecular complexity index is 765. The van der Waals surface area contributed by atoms with Gasteiger partial charge in [0.2, 0.25) is 4.96 Å². The monoisotopic (exact) mass is 303 g/mol. The van der Waals surface area contributed by atoms with Gasteiger partial charge in [0.15, 0.2) is 5.82 Å². The van der Waals surface area contributed by atoms with Gasteiger partial charge in [-0.15, -0.1) is 10.2 Å². The topological polar surface area (TPSA) is 86.9 Å². The Morgan fingerprint density at radius 2 is 2.14 bits per heavy atom. The molecule has 0 radical (unpaired) electrons. The molecule has 0 aliphatic heterocycles. The van der Waals surface area contributed by atoms with E-state index in [0.29, 0.717) is 5.92 Å². The van der Waals surface area contributed by atoms with E-state index < -0.39 is 0 Å². The van der Waals surface area contributed by atoms with Crippen LogP contribution in [0.25, 0.3) is 4.96 Å². The summed E-state index contributed by atoms with van der Waals surface area (Å²) in [5.74, 6) is 1.48. The second-order valence-corrected chi connectivity index (χ2v) is 6.59. The van der Waals surface area contributed by atoms with Gasteiger partial charge in [-0.3, -0.25) is 4.68 Å². The number of nitrogens with zero attached hydrogens (tertiary/aromatic N) is 6. The zero-order valence-electron chi connectivity index (χ0n) is 11.8. The maximum Gasteiger partial charge on any atom is 0.234 e. The van der Waals surface area contributed by atoms with E-state index in [2.05, 4.69) is 20.4 Å². The fourth-order valence-electron chi connectivity index (χ4n) is 2.95. The number of aryl methyl sites for hydroxylation is 1. The lowest BCUT2D eigenvalue weighted by Gasteiger charge is -2.05. The van der Waals surface area contributed by atoms with Crippen molar-refractivity contribution in [3.05, 3.63) is 28.8 Å². The minimum atomic E-state index is -0.262. The van der Waals surface area contributed by atoms with Crippen molar-refractivity contribution >= 4 is 16.3 Å². The molecule has 0 saturated heterocycles. The normalized spacial score (nSPS) is 17.8. The van der Waals surface area contributed by atoms with E-state index in [1.54, 1.807) is 10.9 Å². The lowest BCUT2D eigenvalue weighted by molar-refractivity contribution is 0.634. The van der Waals surface area contributed by atoms with Crippen LogP contribution in [0, 0.1) is 0 Å². The molecule has 110 valence electrons. The fourth-order valence-corrected chi connectivity index (χ4v) is 3.83. The van der Waals surface area contributed by atoms with Crippen molar-refractivity contribution in [2.75, 3.05) is 0 Å². The number of hydrogen-bond donors (Lipinski definition) is 1. The molecule has 3 heterocycles. The molecule has 0 spiro atoms. The molecule has 1 saturated carbocycles. The second-order valence-electron chi connectivity index (χ2n) is 5.60. The first-order chi connectivity index (χ1) is 10.2. The highest BCUT2D eigenvalue weighted by molar-refractivity contribution is 7.16. The highest BCUT2D eigenvalue weighted by atomic mass is 32.1. The van der Waals surface area contributed by atoms with E-state index in [1.165, 1.54) is 37.0 Å². The molecule has 3 aromatic rings. The van der Waals surface area contributed by atoms with Crippen molar-refractivity contribution in [2.45, 2.75) is 37.6 Å². The summed E-state index contributed by atoms with van der Waals surface area (Å²) in [5, 5.41) is 18.2. The zero-order valence-corrected chi connectivity index (χ0v) is 12.6. The summed E-state index contributed by atoms with van der Waals surface area (Å²) < 4.78 is 3.63. The molecule has 1 atom stereocenters. The molecule has 0 bridgehead atoms. The summed E-state index contributed by atoms with van der Waals surface area (Å²) in [5.41, 5.74) is 7.25. The van der Waals surface area contributed by atoms with Crippen LogP contribution in [-0.4, -0.2) is 29.6 Å². The van der Waals surface area contributed by atoms with Gasteiger partial charge in [-0.2, -0.15) is 14.7 Å². The first-order valence-corrected chi connectivity index (χ1v) is 8.00. The molecule has 3 aromatic heterocycles. The van der Waals surface area contributed by atoms with Crippen molar-refractivity contribution in [1.29, 1.82) is 0 Å². The van der Waals surface area contributed by atoms with E-state index in [-0.39, 0.29) is 6.04 Å². The largest absolute Gasteiger partial charge is 0.318 e. The summed E-state index contributed by atoms with van der Waals surface area (Å²) in [7, 11) is 1.88. The molecule has 2 N–H and O–H groups in total. The van der Waals surface area contributed by atoms with Crippen LogP contribution in [0.5, 0.6) is 0 Å². The molecular weight excluding hydrogens is 286 g/mol. The van der Waals surface area contributed by atoms with Crippen molar-refractivity contribution in [1.82, 2.24) is 29.6 Å². The van der Waals surface area contributed by atoms with Gasteiger partial charge < -0.3 is 5.73 Å². The van der Waals surface area contributed by atoms with Crippen molar-refractivity contribution in [2.24, 2.45) is 12.8 Å². The van der Waals surface area contributed by atoms with Crippen LogP contribution in [0.4, 0.5) is 0 Å². The van der Waals surface area contributed by atoms with E-state index in [1.807, 2.05) is 17.8 Å². The predicted molar refractivity (Wildman–Crippen MR) is 79.1 cm³/mol. The minimum Gasteiger partial charge on any atom is -0.318 e. The van der Waals surface area contributed by atoms with E-state index in [0.717, 1.165) is 21.4 Å². The standard InChI is InChI=1S/C13H17N7S/c1-19-7-9(6-15-19)10(14)12-18-20-11(8-4-2-3-5-8)16-17-13(20)21-12/h6-8,10H,2-5,14H2,1H3. The van der Waals surface area contributed by atoms with Crippen LogP contribution < -0.4 is 5.73 Å². The number of aromatic nitrogens is 6. The van der Waals surface area contributed by atoms with Crippen LogP contribution in [0.2, 0.25) is 0 Å². The lowest BCUT2D eigenvalue weighted by Crippen LogP contribution is -2.12. The number of nitrogens with two attached hydrogens (primary N) is 1. The quantitative estimate of drug-likeness (QED) is 0.794. The summed E-state index contributed by atoms with van der Waals surface area (Å²) >= 11 is 1.51. The fraction of sp³-hybridized carbons (Fsp3) is 0.538. The van der Waals surface area contributed by atoms with E-state index in [4.69, 9.17) is 5.73 Å². The Balaban J connectivity index is 1.70.